The molecular formula is C18H16N3O4S-. The van der Waals surface area contributed by atoms with E-state index in [0.717, 1.165) is 4.88 Å². The van der Waals surface area contributed by atoms with Gasteiger partial charge in [0, 0.05) is 23.1 Å². The first-order valence-corrected chi connectivity index (χ1v) is 8.85. The van der Waals surface area contributed by atoms with Crippen LogP contribution >= 0.6 is 11.3 Å². The van der Waals surface area contributed by atoms with Crippen molar-refractivity contribution in [3.63, 3.8) is 0 Å². The second-order valence-corrected chi connectivity index (χ2v) is 7.06. The van der Waals surface area contributed by atoms with Gasteiger partial charge in [0.1, 0.15) is 0 Å². The molecule has 0 aliphatic carbocycles. The molecule has 0 saturated carbocycles. The lowest BCUT2D eigenvalue weighted by Crippen LogP contribution is -2.32. The molecule has 3 rings (SSSR count). The van der Waals surface area contributed by atoms with Crippen LogP contribution in [0.3, 0.4) is 0 Å². The van der Waals surface area contributed by atoms with Crippen molar-refractivity contribution in [3.8, 4) is 5.75 Å². The van der Waals surface area contributed by atoms with Crippen molar-refractivity contribution in [1.82, 2.24) is 10.3 Å². The maximum Gasteiger partial charge on any atom is 0.279 e. The standard InChI is InChI=1S/C18H17N3O4S/c1-10(2)18(23)20-15(14-6-4-8-26-14)12-9-13(21(24)25)11-5-3-7-19-16(11)17(12)22/h3-10,15,22H,1-2H3,(H,20,23)/p-1/t15-/m0/s1. The van der Waals surface area contributed by atoms with Gasteiger partial charge in [0.2, 0.25) is 5.91 Å². The van der Waals surface area contributed by atoms with Crippen LogP contribution in [0.4, 0.5) is 5.69 Å². The Hall–Kier alpha value is -3.00. The van der Waals surface area contributed by atoms with E-state index in [0.29, 0.717) is 0 Å². The van der Waals surface area contributed by atoms with Crippen LogP contribution in [0.5, 0.6) is 5.75 Å². The van der Waals surface area contributed by atoms with Crippen LogP contribution in [0.25, 0.3) is 10.9 Å². The van der Waals surface area contributed by atoms with Gasteiger partial charge in [0.25, 0.3) is 5.69 Å². The number of pyridine rings is 1. The topological polar surface area (TPSA) is 108 Å². The maximum absolute atomic E-state index is 13.0. The second kappa shape index (κ2) is 7.09. The van der Waals surface area contributed by atoms with Crippen LogP contribution in [0, 0.1) is 16.0 Å². The van der Waals surface area contributed by atoms with Crippen LogP contribution in [0.15, 0.2) is 41.9 Å². The number of aromatic nitrogens is 1. The predicted octanol–water partition coefficient (Wildman–Crippen LogP) is 3.14. The Kier molecular flexibility index (Phi) is 4.85. The summed E-state index contributed by atoms with van der Waals surface area (Å²) in [6, 6.07) is 7.11. The van der Waals surface area contributed by atoms with Gasteiger partial charge in [-0.2, -0.15) is 0 Å². The zero-order chi connectivity index (χ0) is 18.8. The molecule has 0 saturated heterocycles. The third-order valence-electron chi connectivity index (χ3n) is 4.00. The summed E-state index contributed by atoms with van der Waals surface area (Å²) in [5.74, 6) is -0.957. The number of nitrogens with one attached hydrogen (secondary N) is 1. The molecule has 1 aromatic carbocycles. The highest BCUT2D eigenvalue weighted by Gasteiger charge is 2.25. The monoisotopic (exact) mass is 370 g/mol. The molecule has 0 bridgehead atoms. The molecule has 1 atom stereocenters. The predicted molar refractivity (Wildman–Crippen MR) is 97.0 cm³/mol. The highest BCUT2D eigenvalue weighted by molar-refractivity contribution is 7.10. The second-order valence-electron chi connectivity index (χ2n) is 6.08. The highest BCUT2D eigenvalue weighted by Crippen LogP contribution is 2.39. The molecule has 0 unspecified atom stereocenters. The Morgan fingerprint density at radius 3 is 2.69 bits per heavy atom. The number of non-ortho nitro benzene ring substituents is 1. The normalized spacial score (nSPS) is 12.3. The maximum atomic E-state index is 13.0. The Bertz CT molecular complexity index is 970. The molecule has 2 heterocycles. The Labute approximate surface area is 153 Å². The van der Waals surface area contributed by atoms with Gasteiger partial charge in [0.15, 0.2) is 0 Å². The summed E-state index contributed by atoms with van der Waals surface area (Å²) >= 11 is 1.36. The van der Waals surface area contributed by atoms with Crippen molar-refractivity contribution in [2.75, 3.05) is 0 Å². The van der Waals surface area contributed by atoms with E-state index in [1.807, 2.05) is 5.38 Å². The number of amides is 1. The van der Waals surface area contributed by atoms with Gasteiger partial charge >= 0.3 is 0 Å². The SMILES string of the molecule is CC(C)C(=O)N[C@H](c1cccs1)c1cc([N+](=O)[O-])c2cccnc2c1[O-]. The molecule has 1 amide bonds. The number of thiophene rings is 1. The van der Waals surface area contributed by atoms with E-state index in [1.54, 1.807) is 32.0 Å². The van der Waals surface area contributed by atoms with Crippen molar-refractivity contribution < 1.29 is 14.8 Å². The lowest BCUT2D eigenvalue weighted by Gasteiger charge is -2.25. The van der Waals surface area contributed by atoms with Crippen LogP contribution in [0.1, 0.15) is 30.3 Å². The smallest absolute Gasteiger partial charge is 0.279 e. The zero-order valence-corrected chi connectivity index (χ0v) is 14.9. The van der Waals surface area contributed by atoms with Crippen LogP contribution < -0.4 is 10.4 Å². The van der Waals surface area contributed by atoms with Gasteiger partial charge in [-0.05, 0) is 29.1 Å². The number of nitro groups is 1. The molecule has 8 heteroatoms. The van der Waals surface area contributed by atoms with E-state index in [1.165, 1.54) is 29.7 Å². The Morgan fingerprint density at radius 2 is 2.08 bits per heavy atom. The molecule has 1 N–H and O–H groups in total. The fraction of sp³-hybridized carbons (Fsp3) is 0.222. The van der Waals surface area contributed by atoms with Crippen molar-refractivity contribution in [1.29, 1.82) is 0 Å². The summed E-state index contributed by atoms with van der Waals surface area (Å²) in [6.45, 7) is 3.48. The summed E-state index contributed by atoms with van der Waals surface area (Å²) < 4.78 is 0. The Morgan fingerprint density at radius 1 is 1.31 bits per heavy atom. The number of carbonyl (C=O) groups excluding carboxylic acids is 1. The van der Waals surface area contributed by atoms with E-state index in [4.69, 9.17) is 0 Å². The van der Waals surface area contributed by atoms with E-state index < -0.39 is 16.7 Å². The Balaban J connectivity index is 2.23. The first kappa shape index (κ1) is 17.8. The van der Waals surface area contributed by atoms with Gasteiger partial charge in [0.05, 0.1) is 21.9 Å². The molecule has 26 heavy (non-hydrogen) atoms. The molecule has 0 aliphatic rings. The zero-order valence-electron chi connectivity index (χ0n) is 14.1. The molecule has 3 aromatic rings. The van der Waals surface area contributed by atoms with Crippen molar-refractivity contribution >= 4 is 33.8 Å². The minimum absolute atomic E-state index is 0.0250. The third kappa shape index (κ3) is 3.23. The molecule has 0 fully saturated rings. The van der Waals surface area contributed by atoms with Crippen LogP contribution in [-0.4, -0.2) is 15.8 Å². The molecule has 7 nitrogen and oxygen atoms in total. The van der Waals surface area contributed by atoms with E-state index in [-0.39, 0.29) is 34.0 Å². The van der Waals surface area contributed by atoms with Gasteiger partial charge in [-0.3, -0.25) is 19.9 Å². The number of carbonyl (C=O) groups is 1. The fourth-order valence-electron chi connectivity index (χ4n) is 2.65. The number of benzene rings is 1. The van der Waals surface area contributed by atoms with Crippen molar-refractivity contribution in [2.24, 2.45) is 5.92 Å². The van der Waals surface area contributed by atoms with Gasteiger partial charge < -0.3 is 10.4 Å². The summed E-state index contributed by atoms with van der Waals surface area (Å²) in [5.41, 5.74) is -0.0422. The average molecular weight is 370 g/mol. The average Bonchev–Trinajstić information content (AvgIpc) is 3.14. The largest absolute Gasteiger partial charge is 0.871 e. The number of hydrogen-bond donors (Lipinski definition) is 1. The minimum atomic E-state index is -0.762. The lowest BCUT2D eigenvalue weighted by atomic mass is 9.99. The minimum Gasteiger partial charge on any atom is -0.871 e. The first-order valence-electron chi connectivity index (χ1n) is 7.97. The van der Waals surface area contributed by atoms with E-state index in [9.17, 15) is 20.0 Å². The molecule has 134 valence electrons. The van der Waals surface area contributed by atoms with Crippen molar-refractivity contribution in [3.05, 3.63) is 62.5 Å². The van der Waals surface area contributed by atoms with Crippen LogP contribution in [-0.2, 0) is 4.79 Å². The summed E-state index contributed by atoms with van der Waals surface area (Å²) in [6.07, 6.45) is 1.42. The van der Waals surface area contributed by atoms with Crippen LogP contribution in [0.2, 0.25) is 0 Å². The first-order chi connectivity index (χ1) is 12.4. The van der Waals surface area contributed by atoms with Gasteiger partial charge in [-0.25, -0.2) is 0 Å². The van der Waals surface area contributed by atoms with E-state index in [2.05, 4.69) is 10.3 Å². The fourth-order valence-corrected chi connectivity index (χ4v) is 3.45. The summed E-state index contributed by atoms with van der Waals surface area (Å²) in [5, 5.41) is 29.3. The quantitative estimate of drug-likeness (QED) is 0.548. The van der Waals surface area contributed by atoms with Crippen molar-refractivity contribution in [2.45, 2.75) is 19.9 Å². The molecule has 0 radical (unpaired) electrons. The number of nitro benzene ring substituents is 1. The molecule has 0 aliphatic heterocycles. The number of hydrogen-bond acceptors (Lipinski definition) is 6. The number of rotatable bonds is 5. The summed E-state index contributed by atoms with van der Waals surface area (Å²) in [7, 11) is 0. The molecule has 0 spiro atoms. The third-order valence-corrected chi connectivity index (χ3v) is 4.94. The van der Waals surface area contributed by atoms with Gasteiger partial charge in [-0.15, -0.1) is 11.3 Å². The van der Waals surface area contributed by atoms with Gasteiger partial charge in [-0.1, -0.05) is 25.7 Å². The van der Waals surface area contributed by atoms with E-state index >= 15 is 0 Å². The number of nitrogens with zero attached hydrogens (tertiary/aromatic N) is 2. The summed E-state index contributed by atoms with van der Waals surface area (Å²) in [4.78, 5) is 28.0. The number of fused-ring (bicyclic) bond motifs is 1. The molecule has 2 aromatic heterocycles. The lowest BCUT2D eigenvalue weighted by molar-refractivity contribution is -0.383. The molecular weight excluding hydrogens is 354 g/mol. The highest BCUT2D eigenvalue weighted by atomic mass is 32.1.